The third kappa shape index (κ3) is 6.59. The summed E-state index contributed by atoms with van der Waals surface area (Å²) in [7, 11) is 0. The second-order valence-corrected chi connectivity index (χ2v) is 5.26. The van der Waals surface area contributed by atoms with Gasteiger partial charge in [0.05, 0.1) is 5.69 Å². The summed E-state index contributed by atoms with van der Waals surface area (Å²) in [5.41, 5.74) is 6.98. The van der Waals surface area contributed by atoms with Gasteiger partial charge < -0.3 is 15.8 Å². The Balaban J connectivity index is 2.23. The minimum atomic E-state index is -0.152. The van der Waals surface area contributed by atoms with Gasteiger partial charge in [0, 0.05) is 16.8 Å². The third-order valence-electron chi connectivity index (χ3n) is 2.64. The van der Waals surface area contributed by atoms with Crippen LogP contribution in [0.15, 0.2) is 22.7 Å². The zero-order chi connectivity index (χ0) is 14.1. The minimum absolute atomic E-state index is 0.0863. The second-order valence-electron chi connectivity index (χ2n) is 4.40. The zero-order valence-corrected chi connectivity index (χ0v) is 12.8. The summed E-state index contributed by atoms with van der Waals surface area (Å²) in [5, 5.41) is 2.77. The molecular weight excluding hydrogens is 308 g/mol. The van der Waals surface area contributed by atoms with Gasteiger partial charge in [-0.1, -0.05) is 26.2 Å². The van der Waals surface area contributed by atoms with E-state index in [0.717, 1.165) is 17.3 Å². The van der Waals surface area contributed by atoms with Crippen molar-refractivity contribution >= 4 is 33.2 Å². The summed E-state index contributed by atoms with van der Waals surface area (Å²) >= 11 is 3.35. The molecule has 1 aromatic carbocycles. The molecule has 19 heavy (non-hydrogen) atoms. The largest absolute Gasteiger partial charge is 0.399 e. The van der Waals surface area contributed by atoms with Crippen LogP contribution >= 0.6 is 15.9 Å². The van der Waals surface area contributed by atoms with Crippen molar-refractivity contribution < 1.29 is 9.53 Å². The van der Waals surface area contributed by atoms with E-state index in [2.05, 4.69) is 28.2 Å². The molecule has 1 rings (SSSR count). The van der Waals surface area contributed by atoms with Gasteiger partial charge in [-0.05, 0) is 40.5 Å². The molecule has 0 unspecified atom stereocenters. The van der Waals surface area contributed by atoms with Gasteiger partial charge in [-0.3, -0.25) is 4.79 Å². The smallest absolute Gasteiger partial charge is 0.250 e. The van der Waals surface area contributed by atoms with Gasteiger partial charge in [-0.25, -0.2) is 0 Å². The van der Waals surface area contributed by atoms with Crippen LogP contribution in [0.4, 0.5) is 11.4 Å². The fraction of sp³-hybridized carbons (Fsp3) is 0.500. The Kier molecular flexibility index (Phi) is 7.52. The van der Waals surface area contributed by atoms with Gasteiger partial charge in [0.2, 0.25) is 5.91 Å². The van der Waals surface area contributed by atoms with Crippen LogP contribution in [0, 0.1) is 0 Å². The Labute approximate surface area is 122 Å². The average molecular weight is 329 g/mol. The van der Waals surface area contributed by atoms with Crippen molar-refractivity contribution in [1.82, 2.24) is 0 Å². The number of rotatable bonds is 8. The van der Waals surface area contributed by atoms with Gasteiger partial charge in [0.1, 0.15) is 6.61 Å². The molecule has 0 aliphatic carbocycles. The van der Waals surface area contributed by atoms with Crippen molar-refractivity contribution in [2.75, 3.05) is 24.3 Å². The number of amides is 1. The fourth-order valence-corrected chi connectivity index (χ4v) is 2.11. The molecule has 4 nitrogen and oxygen atoms in total. The molecule has 0 aliphatic heterocycles. The fourth-order valence-electron chi connectivity index (χ4n) is 1.61. The highest BCUT2D eigenvalue weighted by atomic mass is 79.9. The molecular formula is C14H21BrN2O2. The van der Waals surface area contributed by atoms with Gasteiger partial charge >= 0.3 is 0 Å². The summed E-state index contributed by atoms with van der Waals surface area (Å²) in [6, 6.07) is 5.26. The zero-order valence-electron chi connectivity index (χ0n) is 11.2. The topological polar surface area (TPSA) is 64.3 Å². The van der Waals surface area contributed by atoms with Gasteiger partial charge in [0.15, 0.2) is 0 Å². The maximum absolute atomic E-state index is 11.7. The molecule has 3 N–H and O–H groups in total. The van der Waals surface area contributed by atoms with E-state index in [9.17, 15) is 4.79 Å². The monoisotopic (exact) mass is 328 g/mol. The number of hydrogen-bond acceptors (Lipinski definition) is 3. The van der Waals surface area contributed by atoms with Crippen LogP contribution in [0.2, 0.25) is 0 Å². The van der Waals surface area contributed by atoms with Crippen molar-refractivity contribution in [1.29, 1.82) is 0 Å². The van der Waals surface area contributed by atoms with E-state index in [1.807, 2.05) is 0 Å². The first-order valence-corrected chi connectivity index (χ1v) is 7.35. The molecule has 0 bridgehead atoms. The molecule has 0 saturated carbocycles. The number of nitrogens with two attached hydrogens (primary N) is 1. The van der Waals surface area contributed by atoms with Crippen LogP contribution in [0.5, 0.6) is 0 Å². The number of nitrogen functional groups attached to an aromatic ring is 1. The van der Waals surface area contributed by atoms with E-state index in [1.165, 1.54) is 12.8 Å². The molecule has 0 spiro atoms. The number of hydrogen-bond donors (Lipinski definition) is 2. The molecule has 0 fully saturated rings. The lowest BCUT2D eigenvalue weighted by Crippen LogP contribution is -2.19. The third-order valence-corrected chi connectivity index (χ3v) is 3.30. The van der Waals surface area contributed by atoms with Crippen LogP contribution in [-0.4, -0.2) is 19.1 Å². The van der Waals surface area contributed by atoms with Gasteiger partial charge in [-0.15, -0.1) is 0 Å². The lowest BCUT2D eigenvalue weighted by Gasteiger charge is -2.08. The predicted molar refractivity (Wildman–Crippen MR) is 82.1 cm³/mol. The Hall–Kier alpha value is -1.07. The van der Waals surface area contributed by atoms with Crippen molar-refractivity contribution in [3.05, 3.63) is 22.7 Å². The van der Waals surface area contributed by atoms with E-state index in [4.69, 9.17) is 10.5 Å². The molecule has 0 heterocycles. The van der Waals surface area contributed by atoms with Gasteiger partial charge in [-0.2, -0.15) is 0 Å². The molecule has 0 radical (unpaired) electrons. The van der Waals surface area contributed by atoms with Crippen LogP contribution in [0.1, 0.15) is 32.6 Å². The van der Waals surface area contributed by atoms with Gasteiger partial charge in [0.25, 0.3) is 0 Å². The average Bonchev–Trinajstić information content (AvgIpc) is 2.37. The molecule has 0 aromatic heterocycles. The van der Waals surface area contributed by atoms with E-state index in [0.29, 0.717) is 18.0 Å². The number of halogens is 1. The SMILES string of the molecule is CCCCCCOCC(=O)Nc1ccc(N)cc1Br. The number of ether oxygens (including phenoxy) is 1. The molecule has 106 valence electrons. The van der Waals surface area contributed by atoms with Crippen LogP contribution in [0.3, 0.4) is 0 Å². The Morgan fingerprint density at radius 1 is 1.37 bits per heavy atom. The number of carbonyl (C=O) groups is 1. The second kappa shape index (κ2) is 8.93. The first kappa shape index (κ1) is 16.0. The van der Waals surface area contributed by atoms with Crippen molar-refractivity contribution in [2.24, 2.45) is 0 Å². The quantitative estimate of drug-likeness (QED) is 0.566. The highest BCUT2D eigenvalue weighted by Gasteiger charge is 2.05. The number of carbonyl (C=O) groups excluding carboxylic acids is 1. The standard InChI is InChI=1S/C14H21BrN2O2/c1-2-3-4-5-8-19-10-14(18)17-13-7-6-11(16)9-12(13)15/h6-7,9H,2-5,8,10,16H2,1H3,(H,17,18). The normalized spacial score (nSPS) is 10.4. The molecule has 0 aliphatic rings. The number of anilines is 2. The first-order chi connectivity index (χ1) is 9.13. The Morgan fingerprint density at radius 3 is 2.84 bits per heavy atom. The molecule has 1 amide bonds. The molecule has 0 atom stereocenters. The van der Waals surface area contributed by atoms with Crippen molar-refractivity contribution in [3.8, 4) is 0 Å². The molecule has 5 heteroatoms. The highest BCUT2D eigenvalue weighted by molar-refractivity contribution is 9.10. The lowest BCUT2D eigenvalue weighted by atomic mass is 10.2. The highest BCUT2D eigenvalue weighted by Crippen LogP contribution is 2.24. The predicted octanol–water partition coefficient (Wildman–Crippen LogP) is 3.57. The maximum atomic E-state index is 11.7. The van der Waals surface area contributed by atoms with Crippen molar-refractivity contribution in [2.45, 2.75) is 32.6 Å². The summed E-state index contributed by atoms with van der Waals surface area (Å²) in [4.78, 5) is 11.7. The van der Waals surface area contributed by atoms with E-state index >= 15 is 0 Å². The number of benzene rings is 1. The Bertz CT molecular complexity index is 410. The lowest BCUT2D eigenvalue weighted by molar-refractivity contribution is -0.120. The Morgan fingerprint density at radius 2 is 2.16 bits per heavy atom. The van der Waals surface area contributed by atoms with Crippen molar-refractivity contribution in [3.63, 3.8) is 0 Å². The summed E-state index contributed by atoms with van der Waals surface area (Å²) in [5.74, 6) is -0.152. The van der Waals surface area contributed by atoms with Crippen LogP contribution in [0.25, 0.3) is 0 Å². The summed E-state index contributed by atoms with van der Waals surface area (Å²) in [6.45, 7) is 2.89. The summed E-state index contributed by atoms with van der Waals surface area (Å²) < 4.78 is 6.09. The maximum Gasteiger partial charge on any atom is 0.250 e. The summed E-state index contributed by atoms with van der Waals surface area (Å²) in [6.07, 6.45) is 4.58. The van der Waals surface area contributed by atoms with E-state index < -0.39 is 0 Å². The number of unbranched alkanes of at least 4 members (excludes halogenated alkanes) is 3. The molecule has 0 saturated heterocycles. The van der Waals surface area contributed by atoms with Crippen LogP contribution in [-0.2, 0) is 9.53 Å². The molecule has 1 aromatic rings. The first-order valence-electron chi connectivity index (χ1n) is 6.56. The van der Waals surface area contributed by atoms with E-state index in [1.54, 1.807) is 18.2 Å². The van der Waals surface area contributed by atoms with Crippen LogP contribution < -0.4 is 11.1 Å². The van der Waals surface area contributed by atoms with E-state index in [-0.39, 0.29) is 12.5 Å². The number of nitrogens with one attached hydrogen (secondary N) is 1. The minimum Gasteiger partial charge on any atom is -0.399 e.